The smallest absolute Gasteiger partial charge is 0.261 e. The van der Waals surface area contributed by atoms with Gasteiger partial charge in [-0.15, -0.1) is 0 Å². The number of amides is 2. The first-order valence-corrected chi connectivity index (χ1v) is 7.77. The first kappa shape index (κ1) is 16.7. The summed E-state index contributed by atoms with van der Waals surface area (Å²) in [6.07, 6.45) is 0.00892. The Morgan fingerprint density at radius 1 is 0.960 bits per heavy atom. The minimum atomic E-state index is -0.369. The highest BCUT2D eigenvalue weighted by Crippen LogP contribution is 2.26. The van der Waals surface area contributed by atoms with Crippen molar-refractivity contribution in [1.29, 1.82) is 0 Å². The van der Waals surface area contributed by atoms with E-state index in [0.717, 1.165) is 4.90 Å². The van der Waals surface area contributed by atoms with Crippen molar-refractivity contribution >= 4 is 17.6 Å². The van der Waals surface area contributed by atoms with E-state index in [9.17, 15) is 14.4 Å². The van der Waals surface area contributed by atoms with Gasteiger partial charge in [0.05, 0.1) is 30.9 Å². The number of carbonyl (C=O) groups is 3. The van der Waals surface area contributed by atoms with Gasteiger partial charge in [-0.3, -0.25) is 19.3 Å². The van der Waals surface area contributed by atoms with E-state index in [0.29, 0.717) is 28.2 Å². The van der Waals surface area contributed by atoms with Gasteiger partial charge >= 0.3 is 0 Å². The lowest BCUT2D eigenvalue weighted by molar-refractivity contribution is 0.0649. The second-order valence-corrected chi connectivity index (χ2v) is 5.55. The highest BCUT2D eigenvalue weighted by Gasteiger charge is 2.35. The van der Waals surface area contributed by atoms with Crippen molar-refractivity contribution in [2.24, 2.45) is 0 Å². The molecular formula is C19H17NO5. The number of nitrogens with zero attached hydrogens (tertiary/aromatic N) is 1. The largest absolute Gasteiger partial charge is 0.497 e. The molecule has 0 saturated heterocycles. The number of ketones is 1. The van der Waals surface area contributed by atoms with Crippen LogP contribution in [0.4, 0.5) is 0 Å². The molecule has 2 aromatic carbocycles. The molecule has 6 heteroatoms. The van der Waals surface area contributed by atoms with E-state index in [1.54, 1.807) is 42.5 Å². The van der Waals surface area contributed by atoms with E-state index >= 15 is 0 Å². The van der Waals surface area contributed by atoms with Crippen LogP contribution < -0.4 is 9.47 Å². The summed E-state index contributed by atoms with van der Waals surface area (Å²) in [6.45, 7) is 0.0194. The number of carbonyl (C=O) groups excluding carboxylic acids is 3. The Balaban J connectivity index is 1.76. The van der Waals surface area contributed by atoms with Crippen molar-refractivity contribution in [3.8, 4) is 11.5 Å². The highest BCUT2D eigenvalue weighted by atomic mass is 16.5. The van der Waals surface area contributed by atoms with Crippen LogP contribution in [0.25, 0.3) is 0 Å². The molecule has 0 unspecified atom stereocenters. The molecule has 25 heavy (non-hydrogen) atoms. The molecule has 0 aliphatic carbocycles. The lowest BCUT2D eigenvalue weighted by atomic mass is 10.1. The lowest BCUT2D eigenvalue weighted by Gasteiger charge is -2.14. The molecule has 2 aromatic rings. The third kappa shape index (κ3) is 2.98. The molecule has 0 bridgehead atoms. The second kappa shape index (κ2) is 6.76. The van der Waals surface area contributed by atoms with Gasteiger partial charge in [0.15, 0.2) is 5.78 Å². The van der Waals surface area contributed by atoms with Gasteiger partial charge in [0, 0.05) is 13.0 Å². The minimum absolute atomic E-state index is 0.00892. The zero-order valence-electron chi connectivity index (χ0n) is 13.9. The van der Waals surface area contributed by atoms with Gasteiger partial charge in [-0.25, -0.2) is 0 Å². The Morgan fingerprint density at radius 3 is 2.16 bits per heavy atom. The van der Waals surface area contributed by atoms with E-state index < -0.39 is 0 Å². The van der Waals surface area contributed by atoms with E-state index in [4.69, 9.17) is 9.47 Å². The van der Waals surface area contributed by atoms with E-state index in [1.807, 2.05) is 0 Å². The lowest BCUT2D eigenvalue weighted by Crippen LogP contribution is -2.32. The van der Waals surface area contributed by atoms with Crippen molar-refractivity contribution in [1.82, 2.24) is 4.90 Å². The maximum Gasteiger partial charge on any atom is 0.261 e. The number of methoxy groups -OCH3 is 2. The van der Waals surface area contributed by atoms with Gasteiger partial charge in [0.25, 0.3) is 11.8 Å². The maximum absolute atomic E-state index is 12.6. The molecule has 2 amide bonds. The van der Waals surface area contributed by atoms with Crippen LogP contribution in [0.15, 0.2) is 42.5 Å². The summed E-state index contributed by atoms with van der Waals surface area (Å²) >= 11 is 0. The Bertz CT molecular complexity index is 824. The fraction of sp³-hybridized carbons (Fsp3) is 0.211. The van der Waals surface area contributed by atoms with Gasteiger partial charge in [-0.2, -0.15) is 0 Å². The summed E-state index contributed by atoms with van der Waals surface area (Å²) in [5, 5.41) is 0. The van der Waals surface area contributed by atoms with Crippen molar-refractivity contribution in [3.05, 3.63) is 59.2 Å². The van der Waals surface area contributed by atoms with Crippen LogP contribution in [0, 0.1) is 0 Å². The molecule has 3 rings (SSSR count). The summed E-state index contributed by atoms with van der Waals surface area (Å²) in [7, 11) is 2.98. The standard InChI is InChI=1S/C19H17NO5/c1-24-12-7-8-17(25-2)15(11-12)16(21)9-10-20-18(22)13-5-3-4-6-14(13)19(20)23/h3-8,11H,9-10H2,1-2H3. The van der Waals surface area contributed by atoms with Crippen molar-refractivity contribution < 1.29 is 23.9 Å². The monoisotopic (exact) mass is 339 g/mol. The average Bonchev–Trinajstić information content (AvgIpc) is 2.90. The molecule has 1 aliphatic rings. The predicted octanol–water partition coefficient (Wildman–Crippen LogP) is 2.57. The van der Waals surface area contributed by atoms with Gasteiger partial charge in [-0.05, 0) is 30.3 Å². The Morgan fingerprint density at radius 2 is 1.60 bits per heavy atom. The SMILES string of the molecule is COc1ccc(OC)c(C(=O)CCN2C(=O)c3ccccc3C2=O)c1. The molecule has 0 saturated carbocycles. The predicted molar refractivity (Wildman–Crippen MR) is 90.3 cm³/mol. The molecule has 0 atom stereocenters. The quantitative estimate of drug-likeness (QED) is 0.597. The first-order chi connectivity index (χ1) is 12.1. The molecule has 0 radical (unpaired) electrons. The second-order valence-electron chi connectivity index (χ2n) is 5.55. The third-order valence-corrected chi connectivity index (χ3v) is 4.15. The number of benzene rings is 2. The summed E-state index contributed by atoms with van der Waals surface area (Å²) in [6, 6.07) is 11.6. The van der Waals surface area contributed by atoms with Crippen LogP contribution in [0.5, 0.6) is 11.5 Å². The number of fused-ring (bicyclic) bond motifs is 1. The molecule has 0 N–H and O–H groups in total. The zero-order chi connectivity index (χ0) is 18.0. The molecule has 128 valence electrons. The summed E-state index contributed by atoms with van der Waals surface area (Å²) in [5.74, 6) is -0.0117. The molecule has 0 aromatic heterocycles. The number of rotatable bonds is 6. The summed E-state index contributed by atoms with van der Waals surface area (Å²) in [5.41, 5.74) is 1.11. The van der Waals surface area contributed by atoms with Gasteiger partial charge in [-0.1, -0.05) is 12.1 Å². The number of ether oxygens (including phenoxy) is 2. The van der Waals surface area contributed by atoms with Crippen molar-refractivity contribution in [2.75, 3.05) is 20.8 Å². The molecule has 0 spiro atoms. The number of hydrogen-bond donors (Lipinski definition) is 0. The van der Waals surface area contributed by atoms with E-state index in [2.05, 4.69) is 0 Å². The van der Waals surface area contributed by atoms with Crippen LogP contribution >= 0.6 is 0 Å². The Kier molecular flexibility index (Phi) is 4.52. The number of hydrogen-bond acceptors (Lipinski definition) is 5. The normalized spacial score (nSPS) is 13.0. The van der Waals surface area contributed by atoms with Crippen molar-refractivity contribution in [3.63, 3.8) is 0 Å². The van der Waals surface area contributed by atoms with Crippen molar-refractivity contribution in [2.45, 2.75) is 6.42 Å². The molecule has 1 heterocycles. The maximum atomic E-state index is 12.6. The topological polar surface area (TPSA) is 72.9 Å². The van der Waals surface area contributed by atoms with Crippen LogP contribution in [-0.4, -0.2) is 43.3 Å². The van der Waals surface area contributed by atoms with Gasteiger partial charge < -0.3 is 9.47 Å². The average molecular weight is 339 g/mol. The Hall–Kier alpha value is -3.15. The van der Waals surface area contributed by atoms with E-state index in [-0.39, 0.29) is 30.6 Å². The fourth-order valence-corrected chi connectivity index (χ4v) is 2.82. The molecule has 1 aliphatic heterocycles. The Labute approximate surface area is 145 Å². The highest BCUT2D eigenvalue weighted by molar-refractivity contribution is 6.21. The van der Waals surface area contributed by atoms with Gasteiger partial charge in [0.1, 0.15) is 11.5 Å². The minimum Gasteiger partial charge on any atom is -0.497 e. The van der Waals surface area contributed by atoms with Crippen LogP contribution in [0.2, 0.25) is 0 Å². The van der Waals surface area contributed by atoms with Crippen LogP contribution in [0.3, 0.4) is 0 Å². The van der Waals surface area contributed by atoms with E-state index in [1.165, 1.54) is 14.2 Å². The van der Waals surface area contributed by atoms with Crippen LogP contribution in [0.1, 0.15) is 37.5 Å². The summed E-state index contributed by atoms with van der Waals surface area (Å²) < 4.78 is 10.3. The van der Waals surface area contributed by atoms with Crippen LogP contribution in [-0.2, 0) is 0 Å². The summed E-state index contributed by atoms with van der Waals surface area (Å²) in [4.78, 5) is 38.3. The fourth-order valence-electron chi connectivity index (χ4n) is 2.82. The first-order valence-electron chi connectivity index (χ1n) is 7.77. The number of imide groups is 1. The molecule has 6 nitrogen and oxygen atoms in total. The molecule has 0 fully saturated rings. The zero-order valence-corrected chi connectivity index (χ0v) is 13.9. The third-order valence-electron chi connectivity index (χ3n) is 4.15. The number of Topliss-reactive ketones (excluding diaryl/α,β-unsaturated/α-hetero) is 1. The molecular weight excluding hydrogens is 322 g/mol. The van der Waals surface area contributed by atoms with Gasteiger partial charge in [0.2, 0.25) is 0 Å².